The highest BCUT2D eigenvalue weighted by atomic mass is 79.9. The summed E-state index contributed by atoms with van der Waals surface area (Å²) in [7, 11) is 0. The van der Waals surface area contributed by atoms with Crippen LogP contribution in [0.3, 0.4) is 0 Å². The van der Waals surface area contributed by atoms with Gasteiger partial charge in [0.15, 0.2) is 0 Å². The van der Waals surface area contributed by atoms with Crippen molar-refractivity contribution in [3.05, 3.63) is 54.8 Å². The van der Waals surface area contributed by atoms with Crippen molar-refractivity contribution in [1.29, 1.82) is 0 Å². The number of nitro benzene ring substituents is 1. The van der Waals surface area contributed by atoms with E-state index >= 15 is 0 Å². The summed E-state index contributed by atoms with van der Waals surface area (Å²) in [5, 5.41) is 24.9. The zero-order chi connectivity index (χ0) is 14.0. The predicted molar refractivity (Wildman–Crippen MR) is 66.6 cm³/mol. The van der Waals surface area contributed by atoms with E-state index < -0.39 is 15.8 Å². The molecule has 0 saturated heterocycles. The van der Waals surface area contributed by atoms with Crippen molar-refractivity contribution in [3.63, 3.8) is 0 Å². The Morgan fingerprint density at radius 3 is 2.58 bits per heavy atom. The van der Waals surface area contributed by atoms with E-state index in [1.54, 1.807) is 6.07 Å². The number of halogens is 1. The van der Waals surface area contributed by atoms with Crippen LogP contribution in [0.4, 0.5) is 11.6 Å². The summed E-state index contributed by atoms with van der Waals surface area (Å²) >= 11 is 3.14. The topological polar surface area (TPSA) is 117 Å². The van der Waals surface area contributed by atoms with Gasteiger partial charge in [0, 0.05) is 11.2 Å². The molecule has 0 spiro atoms. The number of nitro groups is 2. The minimum absolute atomic E-state index is 0.0767. The van der Waals surface area contributed by atoms with Crippen LogP contribution in [0.15, 0.2) is 29.0 Å². The highest BCUT2D eigenvalue weighted by Gasteiger charge is 2.18. The van der Waals surface area contributed by atoms with Gasteiger partial charge in [-0.05, 0) is 26.4 Å². The van der Waals surface area contributed by atoms with Crippen molar-refractivity contribution in [2.24, 2.45) is 0 Å². The van der Waals surface area contributed by atoms with E-state index in [-0.39, 0.29) is 12.2 Å². The normalized spacial score (nSPS) is 10.4. The van der Waals surface area contributed by atoms with Crippen LogP contribution >= 0.6 is 15.9 Å². The van der Waals surface area contributed by atoms with E-state index in [4.69, 9.17) is 0 Å². The zero-order valence-electron chi connectivity index (χ0n) is 9.26. The molecule has 0 radical (unpaired) electrons. The standard InChI is InChI=1S/C9H6BrN5O4/c10-8-6(2-1-3-7(8)14(16)17)4-13-5-11-9(12-13)15(18)19/h1-3,5H,4H2. The molecule has 2 rings (SSSR count). The smallest absolute Gasteiger partial charge is 0.390 e. The van der Waals surface area contributed by atoms with Gasteiger partial charge in [0.1, 0.15) is 4.47 Å². The maximum Gasteiger partial charge on any atom is 0.490 e. The Morgan fingerprint density at radius 2 is 2.00 bits per heavy atom. The van der Waals surface area contributed by atoms with Gasteiger partial charge >= 0.3 is 5.95 Å². The van der Waals surface area contributed by atoms with Crippen molar-refractivity contribution in [2.45, 2.75) is 6.54 Å². The third-order valence-corrected chi connectivity index (χ3v) is 3.19. The lowest BCUT2D eigenvalue weighted by atomic mass is 10.2. The first-order valence-electron chi connectivity index (χ1n) is 4.94. The van der Waals surface area contributed by atoms with Crippen LogP contribution in [0, 0.1) is 20.2 Å². The summed E-state index contributed by atoms with van der Waals surface area (Å²) in [5.41, 5.74) is 0.501. The zero-order valence-corrected chi connectivity index (χ0v) is 10.8. The number of aromatic nitrogens is 3. The Labute approximate surface area is 114 Å². The van der Waals surface area contributed by atoms with Crippen LogP contribution in [0.1, 0.15) is 5.56 Å². The van der Waals surface area contributed by atoms with Crippen molar-refractivity contribution < 1.29 is 9.85 Å². The Morgan fingerprint density at radius 1 is 1.26 bits per heavy atom. The van der Waals surface area contributed by atoms with Crippen LogP contribution in [0.2, 0.25) is 0 Å². The molecule has 0 amide bonds. The second-order valence-electron chi connectivity index (χ2n) is 3.51. The fourth-order valence-electron chi connectivity index (χ4n) is 1.45. The van der Waals surface area contributed by atoms with Gasteiger partial charge in [0.25, 0.3) is 5.69 Å². The SMILES string of the molecule is O=[N+]([O-])c1ncn(Cc2cccc([N+](=O)[O-])c2Br)n1. The van der Waals surface area contributed by atoms with Crippen LogP contribution in [-0.4, -0.2) is 24.6 Å². The Hall–Kier alpha value is -2.36. The molecule has 1 heterocycles. The van der Waals surface area contributed by atoms with Crippen molar-refractivity contribution >= 4 is 27.6 Å². The molecule has 98 valence electrons. The van der Waals surface area contributed by atoms with Crippen molar-refractivity contribution in [1.82, 2.24) is 14.8 Å². The Bertz CT molecular complexity index is 656. The Kier molecular flexibility index (Phi) is 3.51. The molecule has 0 saturated carbocycles. The van der Waals surface area contributed by atoms with Crippen LogP contribution < -0.4 is 0 Å². The molecule has 0 atom stereocenters. The third kappa shape index (κ3) is 2.73. The van der Waals surface area contributed by atoms with Gasteiger partial charge < -0.3 is 10.1 Å². The van der Waals surface area contributed by atoms with Gasteiger partial charge in [-0.15, -0.1) is 0 Å². The molecule has 10 heteroatoms. The van der Waals surface area contributed by atoms with Gasteiger partial charge in [-0.3, -0.25) is 10.1 Å². The monoisotopic (exact) mass is 327 g/mol. The fourth-order valence-corrected chi connectivity index (χ4v) is 1.98. The first-order valence-corrected chi connectivity index (χ1v) is 5.74. The molecule has 0 bridgehead atoms. The van der Waals surface area contributed by atoms with Gasteiger partial charge in [0.2, 0.25) is 6.33 Å². The molecule has 9 nitrogen and oxygen atoms in total. The maximum atomic E-state index is 10.8. The van der Waals surface area contributed by atoms with E-state index in [0.717, 1.165) is 0 Å². The number of hydrogen-bond acceptors (Lipinski definition) is 6. The fraction of sp³-hybridized carbons (Fsp3) is 0.111. The van der Waals surface area contributed by atoms with Gasteiger partial charge in [-0.2, -0.15) is 4.68 Å². The summed E-state index contributed by atoms with van der Waals surface area (Å²) in [6, 6.07) is 4.55. The molecule has 0 fully saturated rings. The second kappa shape index (κ2) is 5.10. The quantitative estimate of drug-likeness (QED) is 0.625. The minimum Gasteiger partial charge on any atom is -0.390 e. The molecule has 0 unspecified atom stereocenters. The predicted octanol–water partition coefficient (Wildman–Crippen LogP) is 1.91. The molecule has 0 aliphatic carbocycles. The van der Waals surface area contributed by atoms with Crippen LogP contribution in [0.5, 0.6) is 0 Å². The maximum absolute atomic E-state index is 10.8. The van der Waals surface area contributed by atoms with Gasteiger partial charge in [-0.1, -0.05) is 17.1 Å². The molecule has 1 aromatic heterocycles. The largest absolute Gasteiger partial charge is 0.490 e. The highest BCUT2D eigenvalue weighted by Crippen LogP contribution is 2.28. The average Bonchev–Trinajstić information content (AvgIpc) is 2.80. The number of benzene rings is 1. The van der Waals surface area contributed by atoms with E-state index in [0.29, 0.717) is 10.0 Å². The van der Waals surface area contributed by atoms with Gasteiger partial charge in [-0.25, -0.2) is 0 Å². The third-order valence-electron chi connectivity index (χ3n) is 2.28. The first kappa shape index (κ1) is 13.1. The lowest BCUT2D eigenvalue weighted by Crippen LogP contribution is -2.03. The summed E-state index contributed by atoms with van der Waals surface area (Å²) < 4.78 is 1.56. The lowest BCUT2D eigenvalue weighted by molar-refractivity contribution is -0.394. The number of hydrogen-bond donors (Lipinski definition) is 0. The first-order chi connectivity index (χ1) is 8.99. The number of rotatable bonds is 4. The van der Waals surface area contributed by atoms with Crippen molar-refractivity contribution in [3.8, 4) is 0 Å². The highest BCUT2D eigenvalue weighted by molar-refractivity contribution is 9.10. The van der Waals surface area contributed by atoms with Gasteiger partial charge in [0.05, 0.1) is 11.5 Å². The second-order valence-corrected chi connectivity index (χ2v) is 4.30. The Balaban J connectivity index is 2.30. The summed E-state index contributed by atoms with van der Waals surface area (Å²) in [6.07, 6.45) is 1.20. The summed E-state index contributed by atoms with van der Waals surface area (Å²) in [6.45, 7) is 0.142. The van der Waals surface area contributed by atoms with E-state index in [1.807, 2.05) is 0 Å². The molecular formula is C9H6BrN5O4. The number of nitrogens with zero attached hydrogens (tertiary/aromatic N) is 5. The molecule has 2 aromatic rings. The average molecular weight is 328 g/mol. The van der Waals surface area contributed by atoms with E-state index in [2.05, 4.69) is 26.0 Å². The summed E-state index contributed by atoms with van der Waals surface area (Å²) in [5.74, 6) is -0.512. The van der Waals surface area contributed by atoms with Crippen molar-refractivity contribution in [2.75, 3.05) is 0 Å². The molecule has 1 aromatic carbocycles. The van der Waals surface area contributed by atoms with Crippen LogP contribution in [-0.2, 0) is 6.54 Å². The van der Waals surface area contributed by atoms with E-state index in [9.17, 15) is 20.2 Å². The summed E-state index contributed by atoms with van der Waals surface area (Å²) in [4.78, 5) is 23.5. The van der Waals surface area contributed by atoms with E-state index in [1.165, 1.54) is 23.1 Å². The molecule has 0 aliphatic rings. The van der Waals surface area contributed by atoms with Crippen LogP contribution in [0.25, 0.3) is 0 Å². The molecule has 0 aliphatic heterocycles. The molecule has 19 heavy (non-hydrogen) atoms. The molecular weight excluding hydrogens is 322 g/mol. The minimum atomic E-state index is -0.709. The lowest BCUT2D eigenvalue weighted by Gasteiger charge is -2.02. The molecule has 0 N–H and O–H groups in total.